The van der Waals surface area contributed by atoms with Gasteiger partial charge in [-0.05, 0) is 31.2 Å². The van der Waals surface area contributed by atoms with Crippen LogP contribution in [0.25, 0.3) is 0 Å². The molecule has 0 fully saturated rings. The number of rotatable bonds is 6. The lowest BCUT2D eigenvalue weighted by atomic mass is 10.2. The van der Waals surface area contributed by atoms with Crippen molar-refractivity contribution >= 4 is 28.9 Å². The molecule has 0 spiro atoms. The van der Waals surface area contributed by atoms with Crippen LogP contribution >= 0.6 is 11.6 Å². The summed E-state index contributed by atoms with van der Waals surface area (Å²) >= 11 is 5.88. The molecular weight excluding hydrogens is 417 g/mol. The van der Waals surface area contributed by atoms with Crippen molar-refractivity contribution < 1.29 is 32.4 Å². The normalized spacial score (nSPS) is 12.2. The molecular formula is C18H16ClF3N2O5. The second-order valence-electron chi connectivity index (χ2n) is 5.96. The van der Waals surface area contributed by atoms with E-state index in [0.717, 1.165) is 18.2 Å². The molecule has 0 bridgehead atoms. The van der Waals surface area contributed by atoms with Gasteiger partial charge in [-0.2, -0.15) is 13.2 Å². The van der Waals surface area contributed by atoms with E-state index in [-0.39, 0.29) is 27.9 Å². The van der Waals surface area contributed by atoms with Crippen molar-refractivity contribution in [1.82, 2.24) is 0 Å². The van der Waals surface area contributed by atoms with Gasteiger partial charge < -0.3 is 14.4 Å². The van der Waals surface area contributed by atoms with Gasteiger partial charge in [-0.15, -0.1) is 0 Å². The number of methoxy groups -OCH3 is 1. The van der Waals surface area contributed by atoms with Crippen LogP contribution < -0.4 is 9.64 Å². The van der Waals surface area contributed by atoms with E-state index in [4.69, 9.17) is 16.3 Å². The summed E-state index contributed by atoms with van der Waals surface area (Å²) in [6.07, 6.45) is -4.56. The lowest BCUT2D eigenvalue weighted by Crippen LogP contribution is -2.37. The van der Waals surface area contributed by atoms with E-state index in [0.29, 0.717) is 6.07 Å². The van der Waals surface area contributed by atoms with Crippen molar-refractivity contribution in [3.8, 4) is 11.5 Å². The number of benzene rings is 2. The Hall–Kier alpha value is -3.01. The van der Waals surface area contributed by atoms with Crippen LogP contribution in [0.3, 0.4) is 0 Å². The fraction of sp³-hybridized carbons (Fsp3) is 0.278. The number of nitro groups is 1. The summed E-state index contributed by atoms with van der Waals surface area (Å²) in [6, 6.07) is 5.44. The first-order valence-corrected chi connectivity index (χ1v) is 8.47. The highest BCUT2D eigenvalue weighted by molar-refractivity contribution is 6.32. The van der Waals surface area contributed by atoms with Gasteiger partial charge in [-0.3, -0.25) is 10.1 Å². The summed E-state index contributed by atoms with van der Waals surface area (Å²) in [4.78, 5) is 23.8. The highest BCUT2D eigenvalue weighted by atomic mass is 35.5. The van der Waals surface area contributed by atoms with E-state index in [9.17, 15) is 28.1 Å². The molecule has 0 aliphatic rings. The summed E-state index contributed by atoms with van der Waals surface area (Å²) in [5, 5.41) is 11.1. The van der Waals surface area contributed by atoms with Crippen molar-refractivity contribution in [1.29, 1.82) is 0 Å². The lowest BCUT2D eigenvalue weighted by Gasteiger charge is -2.25. The van der Waals surface area contributed by atoms with Crippen molar-refractivity contribution in [3.63, 3.8) is 0 Å². The molecule has 2 aromatic carbocycles. The van der Waals surface area contributed by atoms with Gasteiger partial charge in [0.25, 0.3) is 5.69 Å². The van der Waals surface area contributed by atoms with E-state index in [1.165, 1.54) is 38.1 Å². The standard InChI is InChI=1S/C18H16ClF3N2O5/c1-10(17(25)28-3)23(2)15-9-12(5-6-14(15)24(26)27)29-16-7-4-11(8-13(16)19)18(20,21)22/h4-10H,1-3H3. The van der Waals surface area contributed by atoms with E-state index in [1.54, 1.807) is 0 Å². The van der Waals surface area contributed by atoms with Crippen LogP contribution in [0.5, 0.6) is 11.5 Å². The Morgan fingerprint density at radius 3 is 2.41 bits per heavy atom. The van der Waals surface area contributed by atoms with Crippen LogP contribution in [-0.4, -0.2) is 31.1 Å². The smallest absolute Gasteiger partial charge is 0.416 e. The molecule has 0 amide bonds. The Morgan fingerprint density at radius 2 is 1.90 bits per heavy atom. The SMILES string of the molecule is COC(=O)C(C)N(C)c1cc(Oc2ccc(C(F)(F)F)cc2Cl)ccc1[N+](=O)[O-]. The zero-order valence-corrected chi connectivity index (χ0v) is 16.2. The molecule has 0 saturated heterocycles. The van der Waals surface area contributed by atoms with Crippen molar-refractivity contribution in [2.75, 3.05) is 19.1 Å². The van der Waals surface area contributed by atoms with Crippen LogP contribution in [-0.2, 0) is 15.7 Å². The number of esters is 1. The third-order valence-corrected chi connectivity index (χ3v) is 4.43. The first kappa shape index (κ1) is 22.3. The largest absolute Gasteiger partial charge is 0.467 e. The molecule has 2 aromatic rings. The van der Waals surface area contributed by atoms with Crippen molar-refractivity contribution in [2.45, 2.75) is 19.1 Å². The van der Waals surface area contributed by atoms with Gasteiger partial charge in [-0.25, -0.2) is 4.79 Å². The van der Waals surface area contributed by atoms with Gasteiger partial charge in [0.2, 0.25) is 0 Å². The molecule has 29 heavy (non-hydrogen) atoms. The van der Waals surface area contributed by atoms with Crippen molar-refractivity contribution in [3.05, 3.63) is 57.1 Å². The van der Waals surface area contributed by atoms with Gasteiger partial charge in [0.15, 0.2) is 0 Å². The molecule has 0 N–H and O–H groups in total. The maximum absolute atomic E-state index is 12.8. The number of carbonyl (C=O) groups excluding carboxylic acids is 1. The molecule has 1 unspecified atom stereocenters. The molecule has 0 aliphatic heterocycles. The van der Waals surface area contributed by atoms with E-state index < -0.39 is 28.7 Å². The van der Waals surface area contributed by atoms with Gasteiger partial charge in [0.1, 0.15) is 23.2 Å². The molecule has 7 nitrogen and oxygen atoms in total. The Labute approximate surface area is 168 Å². The molecule has 0 aromatic heterocycles. The fourth-order valence-corrected chi connectivity index (χ4v) is 2.65. The number of nitrogens with zero attached hydrogens (tertiary/aromatic N) is 2. The Bertz CT molecular complexity index is 936. The molecule has 0 radical (unpaired) electrons. The molecule has 1 atom stereocenters. The monoisotopic (exact) mass is 432 g/mol. The second-order valence-corrected chi connectivity index (χ2v) is 6.37. The number of anilines is 1. The topological polar surface area (TPSA) is 81.9 Å². The summed E-state index contributed by atoms with van der Waals surface area (Å²) in [5.41, 5.74) is -1.19. The summed E-state index contributed by atoms with van der Waals surface area (Å²) < 4.78 is 48.4. The number of nitro benzene ring substituents is 1. The number of hydrogen-bond acceptors (Lipinski definition) is 6. The van der Waals surface area contributed by atoms with E-state index >= 15 is 0 Å². The number of likely N-dealkylation sites (N-methyl/N-ethyl adjacent to an activating group) is 1. The minimum Gasteiger partial charge on any atom is -0.467 e. The van der Waals surface area contributed by atoms with Crippen LogP contribution in [0.15, 0.2) is 36.4 Å². The maximum Gasteiger partial charge on any atom is 0.416 e. The van der Waals surface area contributed by atoms with Crippen LogP contribution in [0.1, 0.15) is 12.5 Å². The molecule has 156 valence electrons. The minimum atomic E-state index is -4.56. The zero-order chi connectivity index (χ0) is 21.9. The van der Waals surface area contributed by atoms with Crippen molar-refractivity contribution in [2.24, 2.45) is 0 Å². The predicted molar refractivity (Wildman–Crippen MR) is 99.5 cm³/mol. The quantitative estimate of drug-likeness (QED) is 0.360. The number of carbonyl (C=O) groups is 1. The average Bonchev–Trinajstić information content (AvgIpc) is 2.66. The van der Waals surface area contributed by atoms with Crippen LogP contribution in [0.4, 0.5) is 24.5 Å². The van der Waals surface area contributed by atoms with E-state index in [2.05, 4.69) is 4.74 Å². The lowest BCUT2D eigenvalue weighted by molar-refractivity contribution is -0.384. The third kappa shape index (κ3) is 5.08. The maximum atomic E-state index is 12.8. The third-order valence-electron chi connectivity index (χ3n) is 4.13. The van der Waals surface area contributed by atoms with Crippen LogP contribution in [0, 0.1) is 10.1 Å². The Morgan fingerprint density at radius 1 is 1.24 bits per heavy atom. The molecule has 0 heterocycles. The zero-order valence-electron chi connectivity index (χ0n) is 15.5. The van der Waals surface area contributed by atoms with Gasteiger partial charge >= 0.3 is 12.1 Å². The van der Waals surface area contributed by atoms with Gasteiger partial charge in [0.05, 0.1) is 22.6 Å². The first-order valence-electron chi connectivity index (χ1n) is 8.09. The number of alkyl halides is 3. The fourth-order valence-electron chi connectivity index (χ4n) is 2.43. The predicted octanol–water partition coefficient (Wildman–Crippen LogP) is 5.06. The highest BCUT2D eigenvalue weighted by Crippen LogP contribution is 2.38. The average molecular weight is 433 g/mol. The Kier molecular flexibility index (Phi) is 6.58. The van der Waals surface area contributed by atoms with Gasteiger partial charge in [0, 0.05) is 19.2 Å². The van der Waals surface area contributed by atoms with Gasteiger partial charge in [-0.1, -0.05) is 11.6 Å². The summed E-state index contributed by atoms with van der Waals surface area (Å²) in [7, 11) is 2.64. The Balaban J connectivity index is 2.40. The summed E-state index contributed by atoms with van der Waals surface area (Å²) in [5.74, 6) is -0.599. The highest BCUT2D eigenvalue weighted by Gasteiger charge is 2.31. The molecule has 0 saturated carbocycles. The number of ether oxygens (including phenoxy) is 2. The van der Waals surface area contributed by atoms with E-state index in [1.807, 2.05) is 0 Å². The van der Waals surface area contributed by atoms with Crippen LogP contribution in [0.2, 0.25) is 5.02 Å². The molecule has 11 heteroatoms. The molecule has 2 rings (SSSR count). The summed E-state index contributed by atoms with van der Waals surface area (Å²) in [6.45, 7) is 1.50. The first-order chi connectivity index (χ1) is 13.5. The number of hydrogen-bond donors (Lipinski definition) is 0. The number of halogens is 4. The molecule has 0 aliphatic carbocycles. The second kappa shape index (κ2) is 8.56. The minimum absolute atomic E-state index is 0.0495.